The first kappa shape index (κ1) is 14.8. The summed E-state index contributed by atoms with van der Waals surface area (Å²) in [7, 11) is 0. The van der Waals surface area contributed by atoms with Gasteiger partial charge in [0, 0.05) is 11.1 Å². The summed E-state index contributed by atoms with van der Waals surface area (Å²) in [6.45, 7) is 2.30. The topological polar surface area (TPSA) is 38.0 Å². The van der Waals surface area contributed by atoms with Crippen molar-refractivity contribution in [3.63, 3.8) is 0 Å². The first-order valence-electron chi connectivity index (χ1n) is 7.00. The van der Waals surface area contributed by atoms with Gasteiger partial charge in [0.2, 0.25) is 0 Å². The fourth-order valence-corrected chi connectivity index (χ4v) is 3.18. The molecule has 0 saturated heterocycles. The Bertz CT molecular complexity index is 417. The molecule has 0 radical (unpaired) electrons. The third-order valence-corrected chi connectivity index (χ3v) is 4.66. The van der Waals surface area contributed by atoms with Crippen LogP contribution in [-0.4, -0.2) is 6.04 Å². The number of hydrazine groups is 1. The number of benzene rings is 1. The fourth-order valence-electron chi connectivity index (χ4n) is 2.99. The highest BCUT2D eigenvalue weighted by atomic mass is 35.5. The molecule has 1 unspecified atom stereocenters. The molecule has 19 heavy (non-hydrogen) atoms. The van der Waals surface area contributed by atoms with Crippen LogP contribution in [0.3, 0.4) is 0 Å². The molecule has 2 nitrogen and oxygen atoms in total. The zero-order chi connectivity index (χ0) is 13.8. The highest BCUT2D eigenvalue weighted by Gasteiger charge is 2.26. The molecule has 0 amide bonds. The normalized spacial score (nSPS) is 25.3. The number of halogens is 2. The SMILES string of the molecule is CC1CCC(C(Cc2cc(F)ccc2Cl)NN)CC1. The van der Waals surface area contributed by atoms with Gasteiger partial charge in [-0.15, -0.1) is 0 Å². The maximum Gasteiger partial charge on any atom is 0.123 e. The van der Waals surface area contributed by atoms with Crippen molar-refractivity contribution in [1.82, 2.24) is 5.43 Å². The molecule has 0 aliphatic heterocycles. The van der Waals surface area contributed by atoms with Gasteiger partial charge >= 0.3 is 0 Å². The van der Waals surface area contributed by atoms with E-state index in [1.807, 2.05) is 0 Å². The summed E-state index contributed by atoms with van der Waals surface area (Å²) >= 11 is 6.12. The number of nitrogens with two attached hydrogens (primary N) is 1. The molecule has 1 atom stereocenters. The fraction of sp³-hybridized carbons (Fsp3) is 0.600. The average molecular weight is 285 g/mol. The third kappa shape index (κ3) is 3.91. The first-order chi connectivity index (χ1) is 9.10. The first-order valence-corrected chi connectivity index (χ1v) is 7.38. The standard InChI is InChI=1S/C15H22ClFN2/c1-10-2-4-11(5-3-10)15(19-18)9-12-8-13(17)6-7-14(12)16/h6-8,10-11,15,19H,2-5,9,18H2,1H3. The molecule has 0 heterocycles. The van der Waals surface area contributed by atoms with Crippen molar-refractivity contribution in [3.05, 3.63) is 34.6 Å². The van der Waals surface area contributed by atoms with Gasteiger partial charge in [-0.3, -0.25) is 11.3 Å². The summed E-state index contributed by atoms with van der Waals surface area (Å²) in [6.07, 6.45) is 5.55. The molecule has 0 aromatic heterocycles. The minimum absolute atomic E-state index is 0.173. The van der Waals surface area contributed by atoms with E-state index in [4.69, 9.17) is 17.4 Å². The van der Waals surface area contributed by atoms with E-state index in [2.05, 4.69) is 12.3 Å². The van der Waals surface area contributed by atoms with Crippen LogP contribution in [0.5, 0.6) is 0 Å². The van der Waals surface area contributed by atoms with Crippen LogP contribution >= 0.6 is 11.6 Å². The second-order valence-corrected chi connectivity index (χ2v) is 6.14. The van der Waals surface area contributed by atoms with Crippen LogP contribution in [0.4, 0.5) is 4.39 Å². The van der Waals surface area contributed by atoms with Crippen LogP contribution in [0.15, 0.2) is 18.2 Å². The van der Waals surface area contributed by atoms with Gasteiger partial charge in [0.25, 0.3) is 0 Å². The van der Waals surface area contributed by atoms with Gasteiger partial charge in [0.1, 0.15) is 5.82 Å². The van der Waals surface area contributed by atoms with Crippen molar-refractivity contribution in [2.45, 2.75) is 45.1 Å². The lowest BCUT2D eigenvalue weighted by Crippen LogP contribution is -2.43. The van der Waals surface area contributed by atoms with Crippen molar-refractivity contribution in [2.24, 2.45) is 17.7 Å². The molecular weight excluding hydrogens is 263 g/mol. The molecule has 106 valence electrons. The Labute approximate surface area is 119 Å². The Morgan fingerprint density at radius 2 is 2.05 bits per heavy atom. The Morgan fingerprint density at radius 3 is 2.68 bits per heavy atom. The van der Waals surface area contributed by atoms with E-state index in [0.29, 0.717) is 17.4 Å². The quantitative estimate of drug-likeness (QED) is 0.654. The van der Waals surface area contributed by atoms with Gasteiger partial charge in [-0.2, -0.15) is 0 Å². The number of hydrogen-bond donors (Lipinski definition) is 2. The predicted molar refractivity (Wildman–Crippen MR) is 77.3 cm³/mol. The molecule has 4 heteroatoms. The maximum atomic E-state index is 13.3. The largest absolute Gasteiger partial charge is 0.271 e. The molecule has 0 bridgehead atoms. The summed E-state index contributed by atoms with van der Waals surface area (Å²) in [5.41, 5.74) is 3.74. The third-order valence-electron chi connectivity index (χ3n) is 4.29. The Morgan fingerprint density at radius 1 is 1.37 bits per heavy atom. The highest BCUT2D eigenvalue weighted by Crippen LogP contribution is 2.32. The number of rotatable bonds is 4. The molecule has 1 saturated carbocycles. The van der Waals surface area contributed by atoms with Gasteiger partial charge in [-0.1, -0.05) is 31.4 Å². The summed E-state index contributed by atoms with van der Waals surface area (Å²) in [5, 5.41) is 0.617. The van der Waals surface area contributed by atoms with Crippen LogP contribution in [0, 0.1) is 17.7 Å². The van der Waals surface area contributed by atoms with Gasteiger partial charge in [-0.05, 0) is 54.9 Å². The summed E-state index contributed by atoms with van der Waals surface area (Å²) in [6, 6.07) is 4.69. The molecule has 1 fully saturated rings. The molecule has 1 aliphatic rings. The van der Waals surface area contributed by atoms with E-state index in [1.54, 1.807) is 6.07 Å². The molecule has 1 aromatic carbocycles. The Balaban J connectivity index is 2.04. The number of hydrogen-bond acceptors (Lipinski definition) is 2. The maximum absolute atomic E-state index is 13.3. The second-order valence-electron chi connectivity index (χ2n) is 5.73. The van der Waals surface area contributed by atoms with E-state index in [-0.39, 0.29) is 11.9 Å². The van der Waals surface area contributed by atoms with Crippen molar-refractivity contribution in [3.8, 4) is 0 Å². The minimum atomic E-state index is -0.243. The van der Waals surface area contributed by atoms with Gasteiger partial charge in [-0.25, -0.2) is 4.39 Å². The predicted octanol–water partition coefficient (Wildman–Crippen LogP) is 3.68. The summed E-state index contributed by atoms with van der Waals surface area (Å²) < 4.78 is 13.3. The van der Waals surface area contributed by atoms with Crippen LogP contribution in [-0.2, 0) is 6.42 Å². The van der Waals surface area contributed by atoms with Gasteiger partial charge in [0.05, 0.1) is 0 Å². The van der Waals surface area contributed by atoms with Crippen molar-refractivity contribution in [2.75, 3.05) is 0 Å². The van der Waals surface area contributed by atoms with E-state index in [1.165, 1.54) is 37.8 Å². The lowest BCUT2D eigenvalue weighted by molar-refractivity contribution is 0.229. The van der Waals surface area contributed by atoms with Crippen LogP contribution < -0.4 is 11.3 Å². The van der Waals surface area contributed by atoms with Gasteiger partial charge < -0.3 is 0 Å². The average Bonchev–Trinajstić information content (AvgIpc) is 2.41. The van der Waals surface area contributed by atoms with Crippen LogP contribution in [0.1, 0.15) is 38.2 Å². The Hall–Kier alpha value is -0.640. The molecular formula is C15H22ClFN2. The molecule has 0 spiro atoms. The lowest BCUT2D eigenvalue weighted by atomic mass is 9.78. The van der Waals surface area contributed by atoms with Crippen molar-refractivity contribution in [1.29, 1.82) is 0 Å². The molecule has 1 aromatic rings. The molecule has 1 aliphatic carbocycles. The monoisotopic (exact) mass is 284 g/mol. The van der Waals surface area contributed by atoms with Gasteiger partial charge in [0.15, 0.2) is 0 Å². The summed E-state index contributed by atoms with van der Waals surface area (Å²) in [5.74, 6) is 6.81. The zero-order valence-corrected chi connectivity index (χ0v) is 12.1. The van der Waals surface area contributed by atoms with E-state index >= 15 is 0 Å². The lowest BCUT2D eigenvalue weighted by Gasteiger charge is -2.32. The van der Waals surface area contributed by atoms with Crippen molar-refractivity contribution >= 4 is 11.6 Å². The number of nitrogens with one attached hydrogen (secondary N) is 1. The highest BCUT2D eigenvalue weighted by molar-refractivity contribution is 6.31. The minimum Gasteiger partial charge on any atom is -0.271 e. The smallest absolute Gasteiger partial charge is 0.123 e. The van der Waals surface area contributed by atoms with Crippen LogP contribution in [0.2, 0.25) is 5.02 Å². The van der Waals surface area contributed by atoms with Crippen LogP contribution in [0.25, 0.3) is 0 Å². The van der Waals surface area contributed by atoms with E-state index in [9.17, 15) is 4.39 Å². The van der Waals surface area contributed by atoms with E-state index in [0.717, 1.165) is 11.5 Å². The zero-order valence-electron chi connectivity index (χ0n) is 11.3. The second kappa shape index (κ2) is 6.69. The van der Waals surface area contributed by atoms with Crippen molar-refractivity contribution < 1.29 is 4.39 Å². The molecule has 2 rings (SSSR count). The van der Waals surface area contributed by atoms with E-state index < -0.39 is 0 Å². The summed E-state index contributed by atoms with van der Waals surface area (Å²) in [4.78, 5) is 0. The Kier molecular flexibility index (Phi) is 5.20. The molecule has 3 N–H and O–H groups in total.